The summed E-state index contributed by atoms with van der Waals surface area (Å²) in [6.07, 6.45) is 0. The lowest BCUT2D eigenvalue weighted by atomic mass is 10.0. The zero-order valence-electron chi connectivity index (χ0n) is 11.5. The van der Waals surface area contributed by atoms with Gasteiger partial charge in [-0.25, -0.2) is 0 Å². The maximum absolute atomic E-state index is 11.4. The van der Waals surface area contributed by atoms with Gasteiger partial charge in [0.2, 0.25) is 5.91 Å². The first-order chi connectivity index (χ1) is 9.54. The van der Waals surface area contributed by atoms with E-state index >= 15 is 0 Å². The Hall–Kier alpha value is -2.21. The van der Waals surface area contributed by atoms with E-state index in [0.29, 0.717) is 30.2 Å². The van der Waals surface area contributed by atoms with Crippen LogP contribution in [0.15, 0.2) is 18.7 Å². The number of nitrogen functional groups attached to an aromatic ring is 1. The summed E-state index contributed by atoms with van der Waals surface area (Å²) in [5.41, 5.74) is 13.4. The molecule has 1 aliphatic rings. The van der Waals surface area contributed by atoms with Crippen molar-refractivity contribution in [1.82, 2.24) is 0 Å². The quantitative estimate of drug-likeness (QED) is 0.621. The molecule has 1 aromatic carbocycles. The first-order valence-corrected chi connectivity index (χ1v) is 6.34. The van der Waals surface area contributed by atoms with Crippen molar-refractivity contribution >= 4 is 22.9 Å². The maximum Gasteiger partial charge on any atom is 0.248 e. The van der Waals surface area contributed by atoms with Crippen molar-refractivity contribution in [2.45, 2.75) is 0 Å². The number of nitrogens with two attached hydrogens (primary N) is 2. The first kappa shape index (κ1) is 14.2. The number of ether oxygens (including phenoxy) is 2. The van der Waals surface area contributed by atoms with Gasteiger partial charge in [0.1, 0.15) is 5.75 Å². The molecule has 0 aliphatic carbocycles. The molecule has 1 heterocycles. The lowest BCUT2D eigenvalue weighted by Crippen LogP contribution is -2.37. The SMILES string of the molecule is C=C(C(N)=O)c1cc(N)c(OC)cc1N1CCOCC1. The minimum atomic E-state index is -0.566. The van der Waals surface area contributed by atoms with Crippen molar-refractivity contribution in [3.8, 4) is 5.75 Å². The van der Waals surface area contributed by atoms with Gasteiger partial charge in [-0.3, -0.25) is 4.79 Å². The second-order valence-electron chi connectivity index (χ2n) is 4.55. The molecule has 1 aromatic rings. The Bertz CT molecular complexity index is 537. The Morgan fingerprint density at radius 1 is 1.40 bits per heavy atom. The standard InChI is InChI=1S/C14H19N3O3/c1-9(14(16)18)10-7-11(15)13(19-2)8-12(10)17-3-5-20-6-4-17/h7-8H,1,3-6,15H2,2H3,(H2,16,18). The minimum Gasteiger partial charge on any atom is -0.495 e. The summed E-state index contributed by atoms with van der Waals surface area (Å²) in [5, 5.41) is 0. The Balaban J connectivity index is 2.49. The molecule has 6 nitrogen and oxygen atoms in total. The molecule has 0 radical (unpaired) electrons. The summed E-state index contributed by atoms with van der Waals surface area (Å²) >= 11 is 0. The Morgan fingerprint density at radius 3 is 2.60 bits per heavy atom. The molecule has 0 aromatic heterocycles. The topological polar surface area (TPSA) is 90.8 Å². The van der Waals surface area contributed by atoms with Crippen LogP contribution < -0.4 is 21.1 Å². The van der Waals surface area contributed by atoms with E-state index in [2.05, 4.69) is 11.5 Å². The highest BCUT2D eigenvalue weighted by Crippen LogP contribution is 2.35. The number of rotatable bonds is 4. The molecular weight excluding hydrogens is 258 g/mol. The second kappa shape index (κ2) is 5.83. The van der Waals surface area contributed by atoms with Gasteiger partial charge in [0.05, 0.1) is 26.0 Å². The number of morpholine rings is 1. The van der Waals surface area contributed by atoms with Crippen molar-refractivity contribution in [3.05, 3.63) is 24.3 Å². The molecule has 1 aliphatic heterocycles. The van der Waals surface area contributed by atoms with Crippen LogP contribution in [-0.4, -0.2) is 39.3 Å². The molecule has 1 saturated heterocycles. The molecular formula is C14H19N3O3. The number of benzene rings is 1. The predicted molar refractivity (Wildman–Crippen MR) is 78.7 cm³/mol. The van der Waals surface area contributed by atoms with Gasteiger partial charge < -0.3 is 25.8 Å². The Morgan fingerprint density at radius 2 is 2.05 bits per heavy atom. The summed E-state index contributed by atoms with van der Waals surface area (Å²) in [6, 6.07) is 3.49. The average molecular weight is 277 g/mol. The minimum absolute atomic E-state index is 0.237. The number of amides is 1. The number of methoxy groups -OCH3 is 1. The van der Waals surface area contributed by atoms with Crippen LogP contribution in [0.25, 0.3) is 5.57 Å². The van der Waals surface area contributed by atoms with Crippen LogP contribution in [0.2, 0.25) is 0 Å². The van der Waals surface area contributed by atoms with E-state index in [9.17, 15) is 4.79 Å². The lowest BCUT2D eigenvalue weighted by molar-refractivity contribution is -0.112. The molecule has 0 unspecified atom stereocenters. The van der Waals surface area contributed by atoms with E-state index in [-0.39, 0.29) is 5.57 Å². The van der Waals surface area contributed by atoms with E-state index in [1.807, 2.05) is 6.07 Å². The van der Waals surface area contributed by atoms with E-state index in [4.69, 9.17) is 20.9 Å². The van der Waals surface area contributed by atoms with E-state index in [0.717, 1.165) is 18.8 Å². The largest absolute Gasteiger partial charge is 0.495 e. The normalized spacial score (nSPS) is 14.9. The number of carbonyl (C=O) groups is 1. The van der Waals surface area contributed by atoms with Crippen LogP contribution in [0, 0.1) is 0 Å². The van der Waals surface area contributed by atoms with Crippen molar-refractivity contribution in [2.24, 2.45) is 5.73 Å². The van der Waals surface area contributed by atoms with Crippen LogP contribution in [-0.2, 0) is 9.53 Å². The fourth-order valence-electron chi connectivity index (χ4n) is 2.20. The fourth-order valence-corrected chi connectivity index (χ4v) is 2.20. The van der Waals surface area contributed by atoms with Gasteiger partial charge in [-0.05, 0) is 6.07 Å². The average Bonchev–Trinajstić information content (AvgIpc) is 2.47. The lowest BCUT2D eigenvalue weighted by Gasteiger charge is -2.31. The zero-order chi connectivity index (χ0) is 14.7. The number of hydrogen-bond acceptors (Lipinski definition) is 5. The van der Waals surface area contributed by atoms with Gasteiger partial charge in [0, 0.05) is 36.0 Å². The van der Waals surface area contributed by atoms with Crippen LogP contribution in [0.5, 0.6) is 5.75 Å². The van der Waals surface area contributed by atoms with Crippen LogP contribution in [0.4, 0.5) is 11.4 Å². The highest BCUT2D eigenvalue weighted by atomic mass is 16.5. The van der Waals surface area contributed by atoms with E-state index in [1.165, 1.54) is 0 Å². The number of anilines is 2. The maximum atomic E-state index is 11.4. The summed E-state index contributed by atoms with van der Waals surface area (Å²) in [4.78, 5) is 13.5. The van der Waals surface area contributed by atoms with Crippen molar-refractivity contribution < 1.29 is 14.3 Å². The molecule has 2 rings (SSSR count). The summed E-state index contributed by atoms with van der Waals surface area (Å²) < 4.78 is 10.6. The van der Waals surface area contributed by atoms with E-state index in [1.54, 1.807) is 13.2 Å². The van der Waals surface area contributed by atoms with Crippen LogP contribution >= 0.6 is 0 Å². The Kier molecular flexibility index (Phi) is 4.14. The summed E-state index contributed by atoms with van der Waals surface area (Å²) in [7, 11) is 1.55. The summed E-state index contributed by atoms with van der Waals surface area (Å²) in [5.74, 6) is -0.00316. The predicted octanol–water partition coefficient (Wildman–Crippen LogP) is 0.612. The fraction of sp³-hybridized carbons (Fsp3) is 0.357. The van der Waals surface area contributed by atoms with E-state index < -0.39 is 5.91 Å². The van der Waals surface area contributed by atoms with Crippen molar-refractivity contribution in [1.29, 1.82) is 0 Å². The highest BCUT2D eigenvalue weighted by molar-refractivity contribution is 6.19. The number of hydrogen-bond donors (Lipinski definition) is 2. The summed E-state index contributed by atoms with van der Waals surface area (Å²) in [6.45, 7) is 6.47. The molecule has 20 heavy (non-hydrogen) atoms. The molecule has 1 fully saturated rings. The first-order valence-electron chi connectivity index (χ1n) is 6.34. The molecule has 108 valence electrons. The number of primary amides is 1. The Labute approximate surface area is 117 Å². The van der Waals surface area contributed by atoms with Crippen molar-refractivity contribution in [2.75, 3.05) is 44.0 Å². The van der Waals surface area contributed by atoms with Crippen LogP contribution in [0.3, 0.4) is 0 Å². The van der Waals surface area contributed by atoms with Gasteiger partial charge in [-0.15, -0.1) is 0 Å². The highest BCUT2D eigenvalue weighted by Gasteiger charge is 2.20. The van der Waals surface area contributed by atoms with Gasteiger partial charge in [0.25, 0.3) is 0 Å². The van der Waals surface area contributed by atoms with Crippen molar-refractivity contribution in [3.63, 3.8) is 0 Å². The smallest absolute Gasteiger partial charge is 0.248 e. The molecule has 0 bridgehead atoms. The zero-order valence-corrected chi connectivity index (χ0v) is 11.5. The van der Waals surface area contributed by atoms with Gasteiger partial charge in [-0.2, -0.15) is 0 Å². The van der Waals surface area contributed by atoms with Gasteiger partial charge in [0.15, 0.2) is 0 Å². The van der Waals surface area contributed by atoms with Gasteiger partial charge >= 0.3 is 0 Å². The molecule has 4 N–H and O–H groups in total. The molecule has 1 amide bonds. The number of carbonyl (C=O) groups excluding carboxylic acids is 1. The molecule has 0 saturated carbocycles. The third kappa shape index (κ3) is 2.70. The molecule has 0 atom stereocenters. The second-order valence-corrected chi connectivity index (χ2v) is 4.55. The monoisotopic (exact) mass is 277 g/mol. The van der Waals surface area contributed by atoms with Gasteiger partial charge in [-0.1, -0.05) is 6.58 Å². The van der Waals surface area contributed by atoms with Crippen LogP contribution in [0.1, 0.15) is 5.56 Å². The third-order valence-electron chi connectivity index (χ3n) is 3.32. The molecule has 0 spiro atoms. The number of nitrogens with zero attached hydrogens (tertiary/aromatic N) is 1. The molecule has 6 heteroatoms. The third-order valence-corrected chi connectivity index (χ3v) is 3.32.